The molecule has 0 aromatic carbocycles. The van der Waals surface area contributed by atoms with Gasteiger partial charge in [0.15, 0.2) is 0 Å². The summed E-state index contributed by atoms with van der Waals surface area (Å²) in [5.74, 6) is 0.571. The maximum absolute atomic E-state index is 11.5. The third-order valence-corrected chi connectivity index (χ3v) is 3.00. The summed E-state index contributed by atoms with van der Waals surface area (Å²) in [7, 11) is 0. The summed E-state index contributed by atoms with van der Waals surface area (Å²) in [6.07, 6.45) is 1.76. The molecule has 0 aromatic rings. The van der Waals surface area contributed by atoms with Crippen LogP contribution in [0.4, 0.5) is 0 Å². The van der Waals surface area contributed by atoms with E-state index in [9.17, 15) is 9.59 Å². The Morgan fingerprint density at radius 3 is 2.43 bits per heavy atom. The van der Waals surface area contributed by atoms with Crippen LogP contribution in [0.15, 0.2) is 0 Å². The predicted molar refractivity (Wildman–Crippen MR) is 51.5 cm³/mol. The molecule has 4 nitrogen and oxygen atoms in total. The molecule has 2 unspecified atom stereocenters. The molecular formula is C10H16N2O2. The Bertz CT molecular complexity index is 249. The highest BCUT2D eigenvalue weighted by Crippen LogP contribution is 2.21. The van der Waals surface area contributed by atoms with Crippen LogP contribution in [0.25, 0.3) is 0 Å². The van der Waals surface area contributed by atoms with Crippen molar-refractivity contribution in [2.24, 2.45) is 5.92 Å². The average Bonchev–Trinajstić information content (AvgIpc) is 2.46. The summed E-state index contributed by atoms with van der Waals surface area (Å²) in [5.41, 5.74) is 0. The molecule has 0 spiro atoms. The molecule has 2 fully saturated rings. The summed E-state index contributed by atoms with van der Waals surface area (Å²) >= 11 is 0. The van der Waals surface area contributed by atoms with E-state index in [1.54, 1.807) is 0 Å². The molecule has 1 N–H and O–H groups in total. The lowest BCUT2D eigenvalue weighted by atomic mass is 9.97. The molecule has 2 heterocycles. The number of piperidine rings is 1. The Labute approximate surface area is 83.6 Å². The second kappa shape index (κ2) is 3.69. The molecular weight excluding hydrogens is 180 g/mol. The zero-order valence-electron chi connectivity index (χ0n) is 8.45. The van der Waals surface area contributed by atoms with Gasteiger partial charge in [0.05, 0.1) is 6.04 Å². The van der Waals surface area contributed by atoms with Gasteiger partial charge in [0.1, 0.15) is 0 Å². The molecule has 2 saturated heterocycles. The number of carbonyl (C=O) groups excluding carboxylic acids is 2. The van der Waals surface area contributed by atoms with Crippen molar-refractivity contribution in [3.63, 3.8) is 0 Å². The minimum atomic E-state index is 0.0101. The number of carbonyl (C=O) groups is 2. The van der Waals surface area contributed by atoms with Crippen LogP contribution in [0.3, 0.4) is 0 Å². The van der Waals surface area contributed by atoms with Crippen LogP contribution in [0.2, 0.25) is 0 Å². The van der Waals surface area contributed by atoms with Crippen molar-refractivity contribution >= 4 is 11.8 Å². The van der Waals surface area contributed by atoms with Gasteiger partial charge in [-0.2, -0.15) is 0 Å². The Balaban J connectivity index is 2.05. The molecule has 2 amide bonds. The largest absolute Gasteiger partial charge is 0.314 e. The van der Waals surface area contributed by atoms with E-state index >= 15 is 0 Å². The topological polar surface area (TPSA) is 49.4 Å². The number of likely N-dealkylation sites (tertiary alicyclic amines) is 1. The summed E-state index contributed by atoms with van der Waals surface area (Å²) in [6, 6.07) is 0.0984. The van der Waals surface area contributed by atoms with Crippen LogP contribution in [0.1, 0.15) is 26.2 Å². The fraction of sp³-hybridized carbons (Fsp3) is 0.800. The molecule has 14 heavy (non-hydrogen) atoms. The van der Waals surface area contributed by atoms with Crippen molar-refractivity contribution < 1.29 is 9.59 Å². The third kappa shape index (κ3) is 1.66. The molecule has 0 aromatic heterocycles. The monoisotopic (exact) mass is 196 g/mol. The minimum absolute atomic E-state index is 0.0101. The second-order valence-corrected chi connectivity index (χ2v) is 4.31. The first-order valence-electron chi connectivity index (χ1n) is 5.24. The zero-order valence-corrected chi connectivity index (χ0v) is 8.45. The number of rotatable bonds is 1. The van der Waals surface area contributed by atoms with Gasteiger partial charge in [-0.25, -0.2) is 0 Å². The summed E-state index contributed by atoms with van der Waals surface area (Å²) < 4.78 is 0. The van der Waals surface area contributed by atoms with E-state index in [2.05, 4.69) is 12.2 Å². The molecule has 0 bridgehead atoms. The van der Waals surface area contributed by atoms with Crippen molar-refractivity contribution in [3.8, 4) is 0 Å². The Kier molecular flexibility index (Phi) is 2.54. The van der Waals surface area contributed by atoms with Gasteiger partial charge in [0, 0.05) is 19.4 Å². The van der Waals surface area contributed by atoms with Gasteiger partial charge in [-0.3, -0.25) is 14.5 Å². The van der Waals surface area contributed by atoms with Gasteiger partial charge in [0.25, 0.3) is 0 Å². The van der Waals surface area contributed by atoms with Crippen molar-refractivity contribution in [1.29, 1.82) is 0 Å². The molecule has 2 atom stereocenters. The summed E-state index contributed by atoms with van der Waals surface area (Å²) in [6.45, 7) is 3.90. The van der Waals surface area contributed by atoms with E-state index in [0.717, 1.165) is 19.5 Å². The lowest BCUT2D eigenvalue weighted by Gasteiger charge is -2.33. The van der Waals surface area contributed by atoms with Crippen molar-refractivity contribution in [3.05, 3.63) is 0 Å². The normalized spacial score (nSPS) is 33.9. The van der Waals surface area contributed by atoms with E-state index in [-0.39, 0.29) is 17.9 Å². The molecule has 0 aliphatic carbocycles. The minimum Gasteiger partial charge on any atom is -0.314 e. The fourth-order valence-electron chi connectivity index (χ4n) is 2.33. The first kappa shape index (κ1) is 9.65. The van der Waals surface area contributed by atoms with Crippen molar-refractivity contribution in [2.75, 3.05) is 13.1 Å². The number of imide groups is 1. The molecule has 2 rings (SSSR count). The van der Waals surface area contributed by atoms with Crippen LogP contribution in [0.5, 0.6) is 0 Å². The standard InChI is InChI=1S/C10H16N2O2/c1-7-4-8(6-11-5-7)12-9(13)2-3-10(12)14/h7-8,11H,2-6H2,1H3. The van der Waals surface area contributed by atoms with E-state index < -0.39 is 0 Å². The van der Waals surface area contributed by atoms with Crippen molar-refractivity contribution in [1.82, 2.24) is 10.2 Å². The first-order valence-corrected chi connectivity index (χ1v) is 5.24. The van der Waals surface area contributed by atoms with Crippen LogP contribution < -0.4 is 5.32 Å². The van der Waals surface area contributed by atoms with Gasteiger partial charge < -0.3 is 5.32 Å². The fourth-order valence-corrected chi connectivity index (χ4v) is 2.33. The lowest BCUT2D eigenvalue weighted by Crippen LogP contribution is -2.50. The highest BCUT2D eigenvalue weighted by atomic mass is 16.2. The number of amides is 2. The first-order chi connectivity index (χ1) is 6.68. The van der Waals surface area contributed by atoms with Gasteiger partial charge in [-0.1, -0.05) is 6.92 Å². The smallest absolute Gasteiger partial charge is 0.229 e. The number of nitrogens with one attached hydrogen (secondary N) is 1. The zero-order chi connectivity index (χ0) is 10.1. The highest BCUT2D eigenvalue weighted by Gasteiger charge is 2.36. The van der Waals surface area contributed by atoms with Crippen LogP contribution in [-0.2, 0) is 9.59 Å². The maximum Gasteiger partial charge on any atom is 0.229 e. The van der Waals surface area contributed by atoms with E-state index in [4.69, 9.17) is 0 Å². The number of nitrogens with zero attached hydrogens (tertiary/aromatic N) is 1. The van der Waals surface area contributed by atoms with E-state index in [1.807, 2.05) is 0 Å². The molecule has 2 aliphatic rings. The van der Waals surface area contributed by atoms with E-state index in [0.29, 0.717) is 18.8 Å². The van der Waals surface area contributed by atoms with Gasteiger partial charge in [0.2, 0.25) is 11.8 Å². The van der Waals surface area contributed by atoms with Crippen LogP contribution in [0, 0.1) is 5.92 Å². The second-order valence-electron chi connectivity index (χ2n) is 4.31. The van der Waals surface area contributed by atoms with Crippen LogP contribution >= 0.6 is 0 Å². The molecule has 0 saturated carbocycles. The molecule has 4 heteroatoms. The SMILES string of the molecule is CC1CNCC(N2C(=O)CCC2=O)C1. The Morgan fingerprint density at radius 1 is 1.21 bits per heavy atom. The Hall–Kier alpha value is -0.900. The summed E-state index contributed by atoms with van der Waals surface area (Å²) in [4.78, 5) is 24.4. The van der Waals surface area contributed by atoms with Gasteiger partial charge >= 0.3 is 0 Å². The van der Waals surface area contributed by atoms with Gasteiger partial charge in [-0.15, -0.1) is 0 Å². The number of hydrogen-bond donors (Lipinski definition) is 1. The highest BCUT2D eigenvalue weighted by molar-refractivity contribution is 6.02. The van der Waals surface area contributed by atoms with Crippen molar-refractivity contribution in [2.45, 2.75) is 32.2 Å². The third-order valence-electron chi connectivity index (χ3n) is 3.00. The molecule has 2 aliphatic heterocycles. The lowest BCUT2D eigenvalue weighted by molar-refractivity contribution is -0.141. The molecule has 78 valence electrons. The average molecular weight is 196 g/mol. The Morgan fingerprint density at radius 2 is 1.86 bits per heavy atom. The van der Waals surface area contributed by atoms with E-state index in [1.165, 1.54) is 4.90 Å². The number of hydrogen-bond acceptors (Lipinski definition) is 3. The van der Waals surface area contributed by atoms with Gasteiger partial charge in [-0.05, 0) is 18.9 Å². The maximum atomic E-state index is 11.5. The molecule has 0 radical (unpaired) electrons. The predicted octanol–water partition coefficient (Wildman–Crippen LogP) is 0.133. The van der Waals surface area contributed by atoms with Crippen LogP contribution in [-0.4, -0.2) is 35.8 Å². The summed E-state index contributed by atoms with van der Waals surface area (Å²) in [5, 5.41) is 3.26. The quantitative estimate of drug-likeness (QED) is 0.607.